The Morgan fingerprint density at radius 2 is 2.15 bits per heavy atom. The Labute approximate surface area is 122 Å². The summed E-state index contributed by atoms with van der Waals surface area (Å²) in [5.41, 5.74) is 0.469. The van der Waals surface area contributed by atoms with Crippen LogP contribution in [0.15, 0.2) is 28.2 Å². The van der Waals surface area contributed by atoms with Gasteiger partial charge in [0.15, 0.2) is 10.8 Å². The van der Waals surface area contributed by atoms with Crippen LogP contribution in [0.25, 0.3) is 10.8 Å². The molecule has 0 aliphatic rings. The van der Waals surface area contributed by atoms with E-state index in [1.54, 1.807) is 17.6 Å². The van der Waals surface area contributed by atoms with Crippen molar-refractivity contribution in [3.8, 4) is 10.8 Å². The first-order valence-corrected chi connectivity index (χ1v) is 7.33. The summed E-state index contributed by atoms with van der Waals surface area (Å²) in [6.45, 7) is 3.06. The van der Waals surface area contributed by atoms with Crippen molar-refractivity contribution < 1.29 is 14.6 Å². The van der Waals surface area contributed by atoms with Gasteiger partial charge in [0, 0.05) is 23.9 Å². The summed E-state index contributed by atoms with van der Waals surface area (Å²) < 4.78 is 5.32. The summed E-state index contributed by atoms with van der Waals surface area (Å²) >= 11 is 1.55. The van der Waals surface area contributed by atoms with E-state index in [4.69, 9.17) is 4.42 Å². The van der Waals surface area contributed by atoms with Crippen LogP contribution in [0.4, 0.5) is 0 Å². The number of thiazole rings is 1. The molecule has 2 N–H and O–H groups in total. The average molecular weight is 296 g/mol. The molecule has 0 saturated carbocycles. The largest absolute Gasteiger partial charge is 0.462 e. The maximum absolute atomic E-state index is 9.32. The van der Waals surface area contributed by atoms with E-state index in [9.17, 15) is 10.2 Å². The van der Waals surface area contributed by atoms with Crippen LogP contribution in [-0.2, 0) is 6.54 Å². The molecule has 110 valence electrons. The van der Waals surface area contributed by atoms with E-state index in [-0.39, 0.29) is 13.2 Å². The molecule has 2 aromatic rings. The second-order valence-corrected chi connectivity index (χ2v) is 6.28. The molecule has 0 aliphatic heterocycles. The van der Waals surface area contributed by atoms with Crippen molar-refractivity contribution in [2.45, 2.75) is 13.5 Å². The highest BCUT2D eigenvalue weighted by Gasteiger charge is 2.24. The maximum Gasteiger partial charge on any atom is 0.162 e. The lowest BCUT2D eigenvalue weighted by atomic mass is 9.92. The van der Waals surface area contributed by atoms with Gasteiger partial charge < -0.3 is 14.6 Å². The fourth-order valence-corrected chi connectivity index (χ4v) is 2.80. The number of hydrogen-bond acceptors (Lipinski definition) is 6. The van der Waals surface area contributed by atoms with Gasteiger partial charge in [0.25, 0.3) is 0 Å². The van der Waals surface area contributed by atoms with Gasteiger partial charge in [-0.3, -0.25) is 4.90 Å². The molecule has 0 unspecified atom stereocenters. The minimum atomic E-state index is -0.491. The lowest BCUT2D eigenvalue weighted by molar-refractivity contribution is 0.0399. The molecule has 20 heavy (non-hydrogen) atoms. The van der Waals surface area contributed by atoms with Crippen molar-refractivity contribution in [1.82, 2.24) is 9.88 Å². The van der Waals surface area contributed by atoms with Gasteiger partial charge in [0.05, 0.1) is 25.2 Å². The average Bonchev–Trinajstić information content (AvgIpc) is 3.08. The van der Waals surface area contributed by atoms with E-state index >= 15 is 0 Å². The minimum absolute atomic E-state index is 0.0391. The number of nitrogens with zero attached hydrogens (tertiary/aromatic N) is 2. The molecule has 0 aromatic carbocycles. The van der Waals surface area contributed by atoms with Crippen LogP contribution < -0.4 is 0 Å². The summed E-state index contributed by atoms with van der Waals surface area (Å²) in [5.74, 6) is 0.777. The van der Waals surface area contributed by atoms with Crippen LogP contribution in [0.5, 0.6) is 0 Å². The first kappa shape index (κ1) is 15.2. The van der Waals surface area contributed by atoms with Gasteiger partial charge in [0.2, 0.25) is 0 Å². The molecule has 2 rings (SSSR count). The summed E-state index contributed by atoms with van der Waals surface area (Å²) in [6, 6.07) is 3.73. The van der Waals surface area contributed by atoms with Gasteiger partial charge in [-0.05, 0) is 19.2 Å². The normalized spacial score (nSPS) is 12.2. The molecule has 0 atom stereocenters. The second kappa shape index (κ2) is 6.49. The number of furan rings is 1. The van der Waals surface area contributed by atoms with Crippen LogP contribution in [0.2, 0.25) is 0 Å². The summed E-state index contributed by atoms with van der Waals surface area (Å²) in [5, 5.41) is 21.5. The highest BCUT2D eigenvalue weighted by atomic mass is 32.1. The highest BCUT2D eigenvalue weighted by molar-refractivity contribution is 7.13. The van der Waals surface area contributed by atoms with Gasteiger partial charge in [-0.1, -0.05) is 6.92 Å². The molecule has 2 heterocycles. The van der Waals surface area contributed by atoms with Gasteiger partial charge in [-0.25, -0.2) is 4.98 Å². The van der Waals surface area contributed by atoms with Gasteiger partial charge in [-0.2, -0.15) is 0 Å². The van der Waals surface area contributed by atoms with Crippen molar-refractivity contribution in [1.29, 1.82) is 0 Å². The fraction of sp³-hybridized carbons (Fsp3) is 0.500. The molecule has 0 radical (unpaired) electrons. The summed E-state index contributed by atoms with van der Waals surface area (Å²) in [7, 11) is 1.95. The number of aromatic nitrogens is 1. The molecule has 0 spiro atoms. The third-order valence-corrected chi connectivity index (χ3v) is 4.04. The molecule has 0 amide bonds. The quantitative estimate of drug-likeness (QED) is 0.815. The lowest BCUT2D eigenvalue weighted by Crippen LogP contribution is -2.38. The van der Waals surface area contributed by atoms with Gasteiger partial charge in [-0.15, -0.1) is 11.3 Å². The Hall–Kier alpha value is -1.21. The number of aliphatic hydroxyl groups excluding tert-OH is 2. The smallest absolute Gasteiger partial charge is 0.162 e. The third-order valence-electron chi connectivity index (χ3n) is 3.13. The molecule has 6 heteroatoms. The molecule has 0 bridgehead atoms. The number of aliphatic hydroxyl groups is 2. The Morgan fingerprint density at radius 1 is 1.40 bits per heavy atom. The van der Waals surface area contributed by atoms with E-state index in [0.29, 0.717) is 13.1 Å². The van der Waals surface area contributed by atoms with E-state index in [1.165, 1.54) is 0 Å². The number of rotatable bonds is 7. The van der Waals surface area contributed by atoms with Crippen LogP contribution in [0, 0.1) is 5.41 Å². The van der Waals surface area contributed by atoms with E-state index in [0.717, 1.165) is 16.5 Å². The molecule has 5 nitrogen and oxygen atoms in total. The predicted molar refractivity (Wildman–Crippen MR) is 78.4 cm³/mol. The molecular formula is C14H20N2O3S. The Kier molecular flexibility index (Phi) is 4.93. The number of hydrogen-bond donors (Lipinski definition) is 2. The second-order valence-electron chi connectivity index (χ2n) is 5.42. The molecule has 0 aliphatic carbocycles. The van der Waals surface area contributed by atoms with E-state index in [1.807, 2.05) is 36.4 Å². The first-order valence-electron chi connectivity index (χ1n) is 6.45. The zero-order valence-corrected chi connectivity index (χ0v) is 12.6. The van der Waals surface area contributed by atoms with Crippen molar-refractivity contribution in [2.75, 3.05) is 26.8 Å². The Balaban J connectivity index is 1.97. The van der Waals surface area contributed by atoms with Crippen LogP contribution in [-0.4, -0.2) is 46.9 Å². The fourth-order valence-electron chi connectivity index (χ4n) is 2.03. The van der Waals surface area contributed by atoms with E-state index < -0.39 is 5.41 Å². The van der Waals surface area contributed by atoms with Crippen LogP contribution in [0.3, 0.4) is 0 Å². The van der Waals surface area contributed by atoms with Gasteiger partial charge >= 0.3 is 0 Å². The lowest BCUT2D eigenvalue weighted by Gasteiger charge is -2.29. The van der Waals surface area contributed by atoms with Crippen LogP contribution >= 0.6 is 11.3 Å². The van der Waals surface area contributed by atoms with Crippen molar-refractivity contribution in [2.24, 2.45) is 5.41 Å². The Morgan fingerprint density at radius 3 is 2.75 bits per heavy atom. The van der Waals surface area contributed by atoms with Crippen molar-refractivity contribution in [3.05, 3.63) is 29.5 Å². The first-order chi connectivity index (χ1) is 9.56. The molecule has 0 fully saturated rings. The molecule has 2 aromatic heterocycles. The SMILES string of the molecule is CN(Cc1csc(-c2ccco2)n1)CC(C)(CO)CO. The van der Waals surface area contributed by atoms with Crippen molar-refractivity contribution in [3.63, 3.8) is 0 Å². The highest BCUT2D eigenvalue weighted by Crippen LogP contribution is 2.25. The Bertz CT molecular complexity index is 520. The van der Waals surface area contributed by atoms with Crippen LogP contribution in [0.1, 0.15) is 12.6 Å². The third kappa shape index (κ3) is 3.67. The topological polar surface area (TPSA) is 69.7 Å². The van der Waals surface area contributed by atoms with E-state index in [2.05, 4.69) is 4.98 Å². The minimum Gasteiger partial charge on any atom is -0.462 e. The monoisotopic (exact) mass is 296 g/mol. The zero-order chi connectivity index (χ0) is 14.6. The van der Waals surface area contributed by atoms with Crippen molar-refractivity contribution >= 4 is 11.3 Å². The predicted octanol–water partition coefficient (Wildman–Crippen LogP) is 1.83. The zero-order valence-electron chi connectivity index (χ0n) is 11.7. The standard InChI is InChI=1S/C14H20N2O3S/c1-14(9-17,10-18)8-16(2)6-11-7-20-13(15-11)12-4-3-5-19-12/h3-5,7,17-18H,6,8-10H2,1-2H3. The maximum atomic E-state index is 9.32. The summed E-state index contributed by atoms with van der Waals surface area (Å²) in [6.07, 6.45) is 1.64. The summed E-state index contributed by atoms with van der Waals surface area (Å²) in [4.78, 5) is 6.58. The van der Waals surface area contributed by atoms with Gasteiger partial charge in [0.1, 0.15) is 0 Å². The molecule has 0 saturated heterocycles. The molecular weight excluding hydrogens is 276 g/mol.